The molecule has 1 heterocycles. The lowest BCUT2D eigenvalue weighted by Gasteiger charge is -2.16. The van der Waals surface area contributed by atoms with Crippen molar-refractivity contribution in [2.24, 2.45) is 5.16 Å². The van der Waals surface area contributed by atoms with Gasteiger partial charge in [-0.15, -0.1) is 0 Å². The Bertz CT molecular complexity index is 909. The van der Waals surface area contributed by atoms with Gasteiger partial charge in [0.15, 0.2) is 6.20 Å². The number of aromatic hydroxyl groups is 1. The molecule has 0 saturated carbocycles. The minimum absolute atomic E-state index is 0.0477. The molecule has 0 bridgehead atoms. The Labute approximate surface area is 160 Å². The van der Waals surface area contributed by atoms with E-state index in [1.54, 1.807) is 20.8 Å². The second-order valence-electron chi connectivity index (χ2n) is 6.58. The number of nitrogens with zero attached hydrogens (tertiary/aromatic N) is 2. The van der Waals surface area contributed by atoms with E-state index in [0.717, 1.165) is 12.3 Å². The monoisotopic (exact) mass is 396 g/mol. The third-order valence-electron chi connectivity index (χ3n) is 3.13. The van der Waals surface area contributed by atoms with Gasteiger partial charge in [0, 0.05) is 19.1 Å². The van der Waals surface area contributed by atoms with Crippen molar-refractivity contribution >= 4 is 23.3 Å². The molecule has 9 heteroatoms. The summed E-state index contributed by atoms with van der Waals surface area (Å²) < 4.78 is 19.1. The summed E-state index contributed by atoms with van der Waals surface area (Å²) in [5.74, 6) is -2.52. The molecule has 0 saturated heterocycles. The highest BCUT2D eigenvalue weighted by molar-refractivity contribution is 6.31. The number of pyridine rings is 1. The first kappa shape index (κ1) is 20.4. The number of rotatable bonds is 4. The van der Waals surface area contributed by atoms with Crippen molar-refractivity contribution in [3.63, 3.8) is 0 Å². The molecule has 0 aliphatic rings. The van der Waals surface area contributed by atoms with Crippen molar-refractivity contribution in [1.29, 1.82) is 0 Å². The number of ketones is 1. The number of aromatic nitrogens is 1. The van der Waals surface area contributed by atoms with Crippen molar-refractivity contribution in [3.05, 3.63) is 57.8 Å². The van der Waals surface area contributed by atoms with E-state index in [1.165, 1.54) is 19.1 Å². The molecule has 1 N–H and O–H groups in total. The molecule has 0 aliphatic carbocycles. The Kier molecular flexibility index (Phi) is 5.90. The molecule has 27 heavy (non-hydrogen) atoms. The number of phenolic OH excluding ortho intramolecular Hbond substituents is 1. The third kappa shape index (κ3) is 5.07. The van der Waals surface area contributed by atoms with Gasteiger partial charge in [-0.1, -0.05) is 16.8 Å². The summed E-state index contributed by atoms with van der Waals surface area (Å²) in [6.07, 6.45) is 1.08. The van der Waals surface area contributed by atoms with Crippen LogP contribution >= 0.6 is 11.6 Å². The van der Waals surface area contributed by atoms with Gasteiger partial charge in [0.1, 0.15) is 17.2 Å². The van der Waals surface area contributed by atoms with Crippen LogP contribution in [-0.4, -0.2) is 22.4 Å². The Morgan fingerprint density at radius 3 is 2.67 bits per heavy atom. The lowest BCUT2D eigenvalue weighted by Crippen LogP contribution is -2.35. The molecule has 0 fully saturated rings. The topological polar surface area (TPSA) is 95.1 Å². The van der Waals surface area contributed by atoms with Crippen LogP contribution in [0.1, 0.15) is 43.7 Å². The van der Waals surface area contributed by atoms with Gasteiger partial charge >= 0.3 is 5.69 Å². The Hall–Kier alpha value is -2.87. The molecule has 0 amide bonds. The summed E-state index contributed by atoms with van der Waals surface area (Å²) in [5, 5.41) is 25.5. The maximum absolute atomic E-state index is 13.4. The maximum atomic E-state index is 13.4. The number of halogens is 2. The number of hydrogen-bond acceptors (Lipinski definition) is 6. The van der Waals surface area contributed by atoms with Gasteiger partial charge in [0.25, 0.3) is 5.78 Å². The lowest BCUT2D eigenvalue weighted by molar-refractivity contribution is -0.607. The van der Waals surface area contributed by atoms with E-state index in [9.17, 15) is 19.5 Å². The SMILES string of the molecule is CC(=NOC(C)(C)C)Oc1ccc[n+]([O-])c1C(=O)c1cc(Cl)c(F)cc1O. The van der Waals surface area contributed by atoms with Gasteiger partial charge < -0.3 is 19.9 Å². The normalized spacial score (nSPS) is 12.0. The largest absolute Gasteiger partial charge is 0.618 e. The second kappa shape index (κ2) is 7.79. The summed E-state index contributed by atoms with van der Waals surface area (Å²) in [4.78, 5) is 18.0. The summed E-state index contributed by atoms with van der Waals surface area (Å²) >= 11 is 5.68. The number of ether oxygens (including phenoxy) is 1. The zero-order valence-corrected chi connectivity index (χ0v) is 15.9. The van der Waals surface area contributed by atoms with E-state index in [1.807, 2.05) is 0 Å². The highest BCUT2D eigenvalue weighted by atomic mass is 35.5. The van der Waals surface area contributed by atoms with Gasteiger partial charge in [-0.25, -0.2) is 4.39 Å². The first-order valence-electron chi connectivity index (χ1n) is 7.85. The third-order valence-corrected chi connectivity index (χ3v) is 3.42. The zero-order chi connectivity index (χ0) is 20.4. The molecular formula is C18H18ClFN2O5. The van der Waals surface area contributed by atoms with E-state index < -0.39 is 28.6 Å². The number of oxime groups is 1. The molecular weight excluding hydrogens is 379 g/mol. The molecule has 2 rings (SSSR count). The fraction of sp³-hybridized carbons (Fsp3) is 0.278. The Morgan fingerprint density at radius 1 is 1.37 bits per heavy atom. The van der Waals surface area contributed by atoms with Gasteiger partial charge in [0.2, 0.25) is 11.6 Å². The molecule has 0 radical (unpaired) electrons. The van der Waals surface area contributed by atoms with Crippen LogP contribution in [0.4, 0.5) is 4.39 Å². The molecule has 0 atom stereocenters. The van der Waals surface area contributed by atoms with Crippen LogP contribution in [0.3, 0.4) is 0 Å². The van der Waals surface area contributed by atoms with E-state index in [4.69, 9.17) is 21.2 Å². The Balaban J connectivity index is 2.44. The number of phenols is 1. The van der Waals surface area contributed by atoms with Crippen molar-refractivity contribution in [2.45, 2.75) is 33.3 Å². The van der Waals surface area contributed by atoms with E-state index in [2.05, 4.69) is 5.16 Å². The first-order chi connectivity index (χ1) is 12.5. The van der Waals surface area contributed by atoms with Gasteiger partial charge in [-0.3, -0.25) is 4.79 Å². The fourth-order valence-corrected chi connectivity index (χ4v) is 2.15. The minimum Gasteiger partial charge on any atom is -0.618 e. The molecule has 1 aromatic carbocycles. The predicted molar refractivity (Wildman–Crippen MR) is 96.5 cm³/mol. The highest BCUT2D eigenvalue weighted by Crippen LogP contribution is 2.28. The highest BCUT2D eigenvalue weighted by Gasteiger charge is 2.28. The van der Waals surface area contributed by atoms with E-state index >= 15 is 0 Å². The fourth-order valence-electron chi connectivity index (χ4n) is 1.99. The average Bonchev–Trinajstić information content (AvgIpc) is 2.55. The van der Waals surface area contributed by atoms with Crippen LogP contribution < -0.4 is 9.47 Å². The van der Waals surface area contributed by atoms with E-state index in [-0.39, 0.29) is 27.0 Å². The van der Waals surface area contributed by atoms with Crippen LogP contribution in [0, 0.1) is 11.0 Å². The van der Waals surface area contributed by atoms with Crippen molar-refractivity contribution < 1.29 is 28.6 Å². The lowest BCUT2D eigenvalue weighted by atomic mass is 10.1. The van der Waals surface area contributed by atoms with Gasteiger partial charge in [-0.05, 0) is 32.9 Å². The van der Waals surface area contributed by atoms with E-state index in [0.29, 0.717) is 6.07 Å². The van der Waals surface area contributed by atoms with Crippen LogP contribution in [0.15, 0.2) is 35.6 Å². The second-order valence-corrected chi connectivity index (χ2v) is 6.98. The number of benzene rings is 1. The summed E-state index contributed by atoms with van der Waals surface area (Å²) in [7, 11) is 0. The van der Waals surface area contributed by atoms with Crippen molar-refractivity contribution in [3.8, 4) is 11.5 Å². The molecule has 0 unspecified atom stereocenters. The number of carbonyl (C=O) groups is 1. The summed E-state index contributed by atoms with van der Waals surface area (Å²) in [6, 6.07) is 4.38. The Morgan fingerprint density at radius 2 is 2.04 bits per heavy atom. The van der Waals surface area contributed by atoms with Crippen LogP contribution in [0.2, 0.25) is 5.02 Å². The van der Waals surface area contributed by atoms with Crippen molar-refractivity contribution in [1.82, 2.24) is 0 Å². The molecule has 1 aromatic heterocycles. The van der Waals surface area contributed by atoms with Crippen molar-refractivity contribution in [2.75, 3.05) is 0 Å². The number of carbonyl (C=O) groups excluding carboxylic acids is 1. The summed E-state index contributed by atoms with van der Waals surface area (Å²) in [6.45, 7) is 6.84. The zero-order valence-electron chi connectivity index (χ0n) is 15.1. The molecule has 144 valence electrons. The predicted octanol–water partition coefficient (Wildman–Crippen LogP) is 3.58. The molecule has 2 aromatic rings. The average molecular weight is 397 g/mol. The standard InChI is InChI=1S/C18H18ClFN2O5/c1-10(21-27-18(2,3)4)26-15-6-5-7-22(25)16(15)17(24)11-8-12(19)13(20)9-14(11)23/h5-9,23H,1-4H3. The number of hydrogen-bond donors (Lipinski definition) is 1. The molecule has 0 spiro atoms. The van der Waals surface area contributed by atoms with Gasteiger partial charge in [0.05, 0.1) is 10.6 Å². The smallest absolute Gasteiger partial charge is 0.308 e. The van der Waals surface area contributed by atoms with Crippen LogP contribution in [0.25, 0.3) is 0 Å². The quantitative estimate of drug-likeness (QED) is 0.213. The maximum Gasteiger partial charge on any atom is 0.308 e. The molecule has 7 nitrogen and oxygen atoms in total. The van der Waals surface area contributed by atoms with Gasteiger partial charge in [-0.2, -0.15) is 4.73 Å². The first-order valence-corrected chi connectivity index (χ1v) is 8.23. The van der Waals surface area contributed by atoms with Crippen LogP contribution in [0.5, 0.6) is 11.5 Å². The summed E-state index contributed by atoms with van der Waals surface area (Å²) in [5.41, 5.74) is -1.34. The molecule has 0 aliphatic heterocycles. The van der Waals surface area contributed by atoms with Crippen LogP contribution in [-0.2, 0) is 4.84 Å². The minimum atomic E-state index is -0.899.